The highest BCUT2D eigenvalue weighted by Crippen LogP contribution is 2.02. The molecule has 0 radical (unpaired) electrons. The summed E-state index contributed by atoms with van der Waals surface area (Å²) in [6.07, 6.45) is 1.05. The van der Waals surface area contributed by atoms with Gasteiger partial charge < -0.3 is 20.1 Å². The van der Waals surface area contributed by atoms with E-state index in [1.807, 2.05) is 0 Å². The Morgan fingerprint density at radius 2 is 1.84 bits per heavy atom. The summed E-state index contributed by atoms with van der Waals surface area (Å²) in [6, 6.07) is 3.04. The lowest BCUT2D eigenvalue weighted by molar-refractivity contribution is -0.147. The van der Waals surface area contributed by atoms with Gasteiger partial charge in [0.15, 0.2) is 0 Å². The van der Waals surface area contributed by atoms with Crippen LogP contribution in [0.4, 0.5) is 0 Å². The fourth-order valence-electron chi connectivity index (χ4n) is 1.62. The van der Waals surface area contributed by atoms with E-state index in [9.17, 15) is 19.2 Å². The van der Waals surface area contributed by atoms with Crippen LogP contribution in [0, 0.1) is 0 Å². The standard InChI is InChI=1S/C16H21N3O6/c1-10(2)25-15(22)8-18-14(21)7-19-16(23)12-4-5-13(17-6-12)9-24-11(3)20/h4-6,10H,7-9H2,1-3H3,(H,18,21)(H,19,23). The molecule has 136 valence electrons. The zero-order chi connectivity index (χ0) is 18.8. The third-order valence-corrected chi connectivity index (χ3v) is 2.72. The highest BCUT2D eigenvalue weighted by atomic mass is 16.5. The summed E-state index contributed by atoms with van der Waals surface area (Å²) < 4.78 is 9.65. The van der Waals surface area contributed by atoms with Gasteiger partial charge in [0, 0.05) is 13.1 Å². The van der Waals surface area contributed by atoms with Crippen molar-refractivity contribution < 1.29 is 28.7 Å². The van der Waals surface area contributed by atoms with Gasteiger partial charge in [0.1, 0.15) is 13.2 Å². The van der Waals surface area contributed by atoms with E-state index in [2.05, 4.69) is 15.6 Å². The second-order valence-corrected chi connectivity index (χ2v) is 5.32. The molecule has 0 aliphatic heterocycles. The topological polar surface area (TPSA) is 124 Å². The van der Waals surface area contributed by atoms with Crippen LogP contribution in [0.3, 0.4) is 0 Å². The Labute approximate surface area is 145 Å². The molecule has 1 rings (SSSR count). The van der Waals surface area contributed by atoms with E-state index >= 15 is 0 Å². The van der Waals surface area contributed by atoms with Crippen LogP contribution in [0.15, 0.2) is 18.3 Å². The number of carbonyl (C=O) groups is 4. The van der Waals surface area contributed by atoms with Gasteiger partial charge in [-0.1, -0.05) is 0 Å². The maximum absolute atomic E-state index is 11.9. The molecule has 1 aromatic heterocycles. The lowest BCUT2D eigenvalue weighted by Gasteiger charge is -2.09. The lowest BCUT2D eigenvalue weighted by Crippen LogP contribution is -2.39. The second kappa shape index (κ2) is 10.0. The Balaban J connectivity index is 2.37. The van der Waals surface area contributed by atoms with E-state index in [1.54, 1.807) is 19.9 Å². The molecule has 0 spiro atoms. The number of hydrogen-bond donors (Lipinski definition) is 2. The Kier molecular flexibility index (Phi) is 8.04. The maximum atomic E-state index is 11.9. The van der Waals surface area contributed by atoms with Crippen LogP contribution in [-0.2, 0) is 30.5 Å². The summed E-state index contributed by atoms with van der Waals surface area (Å²) in [7, 11) is 0. The molecule has 2 amide bonds. The van der Waals surface area contributed by atoms with E-state index in [0.29, 0.717) is 5.69 Å². The first-order valence-electron chi connectivity index (χ1n) is 7.60. The molecular formula is C16H21N3O6. The molecule has 2 N–H and O–H groups in total. The van der Waals surface area contributed by atoms with Gasteiger partial charge in [-0.05, 0) is 26.0 Å². The fraction of sp³-hybridized carbons (Fsp3) is 0.438. The van der Waals surface area contributed by atoms with E-state index < -0.39 is 23.8 Å². The fourth-order valence-corrected chi connectivity index (χ4v) is 1.62. The Morgan fingerprint density at radius 3 is 2.40 bits per heavy atom. The van der Waals surface area contributed by atoms with Gasteiger partial charge in [0.2, 0.25) is 5.91 Å². The number of nitrogens with zero attached hydrogens (tertiary/aromatic N) is 1. The van der Waals surface area contributed by atoms with Crippen molar-refractivity contribution in [2.75, 3.05) is 13.1 Å². The minimum Gasteiger partial charge on any atom is -0.462 e. The molecular weight excluding hydrogens is 330 g/mol. The molecule has 9 heteroatoms. The molecule has 0 fully saturated rings. The molecule has 0 unspecified atom stereocenters. The zero-order valence-corrected chi connectivity index (χ0v) is 14.3. The molecule has 9 nitrogen and oxygen atoms in total. The highest BCUT2D eigenvalue weighted by Gasteiger charge is 2.11. The second-order valence-electron chi connectivity index (χ2n) is 5.32. The largest absolute Gasteiger partial charge is 0.462 e. The van der Waals surface area contributed by atoms with Gasteiger partial charge in [-0.2, -0.15) is 0 Å². The van der Waals surface area contributed by atoms with Crippen molar-refractivity contribution in [1.29, 1.82) is 0 Å². The average molecular weight is 351 g/mol. The van der Waals surface area contributed by atoms with E-state index in [4.69, 9.17) is 9.47 Å². The van der Waals surface area contributed by atoms with Crippen LogP contribution < -0.4 is 10.6 Å². The summed E-state index contributed by atoms with van der Waals surface area (Å²) in [5.74, 6) is -1.99. The molecule has 25 heavy (non-hydrogen) atoms. The van der Waals surface area contributed by atoms with Gasteiger partial charge in [-0.15, -0.1) is 0 Å². The molecule has 1 heterocycles. The van der Waals surface area contributed by atoms with E-state index in [1.165, 1.54) is 19.2 Å². The van der Waals surface area contributed by atoms with Crippen molar-refractivity contribution >= 4 is 23.8 Å². The first kappa shape index (κ1) is 20.1. The molecule has 0 aromatic carbocycles. The maximum Gasteiger partial charge on any atom is 0.325 e. The smallest absolute Gasteiger partial charge is 0.325 e. The molecule has 0 aliphatic rings. The van der Waals surface area contributed by atoms with Gasteiger partial charge in [-0.25, -0.2) is 0 Å². The first-order valence-corrected chi connectivity index (χ1v) is 7.60. The van der Waals surface area contributed by atoms with Crippen LogP contribution in [0.5, 0.6) is 0 Å². The van der Waals surface area contributed by atoms with Crippen molar-refractivity contribution in [3.8, 4) is 0 Å². The van der Waals surface area contributed by atoms with Crippen LogP contribution >= 0.6 is 0 Å². The monoisotopic (exact) mass is 351 g/mol. The number of nitrogens with one attached hydrogen (secondary N) is 2. The normalized spacial score (nSPS) is 10.1. The number of ether oxygens (including phenoxy) is 2. The molecule has 1 aromatic rings. The number of pyridine rings is 1. The van der Waals surface area contributed by atoms with Crippen LogP contribution in [0.2, 0.25) is 0 Å². The summed E-state index contributed by atoms with van der Waals surface area (Å²) in [5, 5.41) is 4.74. The molecule has 0 saturated carbocycles. The zero-order valence-electron chi connectivity index (χ0n) is 14.3. The molecule has 0 saturated heterocycles. The van der Waals surface area contributed by atoms with Crippen molar-refractivity contribution in [1.82, 2.24) is 15.6 Å². The van der Waals surface area contributed by atoms with Gasteiger partial charge in [0.25, 0.3) is 5.91 Å². The van der Waals surface area contributed by atoms with E-state index in [-0.39, 0.29) is 31.4 Å². The molecule has 0 bridgehead atoms. The number of hydrogen-bond acceptors (Lipinski definition) is 7. The van der Waals surface area contributed by atoms with Crippen molar-refractivity contribution in [3.05, 3.63) is 29.6 Å². The Bertz CT molecular complexity index is 627. The number of esters is 2. The summed E-state index contributed by atoms with van der Waals surface area (Å²) in [4.78, 5) is 49.5. The number of rotatable bonds is 8. The summed E-state index contributed by atoms with van der Waals surface area (Å²) in [5.41, 5.74) is 0.742. The number of carbonyl (C=O) groups excluding carboxylic acids is 4. The first-order chi connectivity index (χ1) is 11.8. The lowest BCUT2D eigenvalue weighted by atomic mass is 10.2. The average Bonchev–Trinajstić information content (AvgIpc) is 2.55. The highest BCUT2D eigenvalue weighted by molar-refractivity contribution is 5.96. The van der Waals surface area contributed by atoms with Gasteiger partial charge in [-0.3, -0.25) is 24.2 Å². The Hall–Kier alpha value is -2.97. The number of aromatic nitrogens is 1. The van der Waals surface area contributed by atoms with Crippen LogP contribution in [0.25, 0.3) is 0 Å². The summed E-state index contributed by atoms with van der Waals surface area (Å²) in [6.45, 7) is 4.15. The number of amides is 2. The third-order valence-electron chi connectivity index (χ3n) is 2.72. The molecule has 0 aliphatic carbocycles. The molecule has 0 atom stereocenters. The van der Waals surface area contributed by atoms with Gasteiger partial charge >= 0.3 is 11.9 Å². The van der Waals surface area contributed by atoms with Crippen LogP contribution in [0.1, 0.15) is 36.8 Å². The van der Waals surface area contributed by atoms with Crippen LogP contribution in [-0.4, -0.2) is 47.9 Å². The van der Waals surface area contributed by atoms with Crippen molar-refractivity contribution in [2.24, 2.45) is 0 Å². The van der Waals surface area contributed by atoms with E-state index in [0.717, 1.165) is 0 Å². The predicted octanol–water partition coefficient (Wildman–Crippen LogP) is -0.0577. The quantitative estimate of drug-likeness (QED) is 0.629. The minimum atomic E-state index is -0.553. The van der Waals surface area contributed by atoms with Gasteiger partial charge in [0.05, 0.1) is 23.9 Å². The Morgan fingerprint density at radius 1 is 1.12 bits per heavy atom. The predicted molar refractivity (Wildman–Crippen MR) is 86.3 cm³/mol. The minimum absolute atomic E-state index is 0.0200. The SMILES string of the molecule is CC(=O)OCc1ccc(C(=O)NCC(=O)NCC(=O)OC(C)C)cn1. The summed E-state index contributed by atoms with van der Waals surface area (Å²) >= 11 is 0. The van der Waals surface area contributed by atoms with Crippen molar-refractivity contribution in [2.45, 2.75) is 33.5 Å². The van der Waals surface area contributed by atoms with Crippen molar-refractivity contribution in [3.63, 3.8) is 0 Å². The third kappa shape index (κ3) is 8.45.